The second-order valence-corrected chi connectivity index (χ2v) is 7.48. The van der Waals surface area contributed by atoms with Gasteiger partial charge in [-0.15, -0.1) is 0 Å². The Morgan fingerprint density at radius 3 is 2.53 bits per heavy atom. The lowest BCUT2D eigenvalue weighted by molar-refractivity contribution is -0.132. The number of nitrogens with two attached hydrogens (primary N) is 1. The molecule has 2 aromatic carbocycles. The van der Waals surface area contributed by atoms with Gasteiger partial charge in [-0.05, 0) is 31.3 Å². The predicted molar refractivity (Wildman–Crippen MR) is 114 cm³/mol. The standard InChI is InChI=1S/C22H23ClN4O3/c1-3-26(4-2)9-10-27-18-12-14(20(25)28)11-15(13-24)19(18)22(30,21(27)29)16-7-5-6-8-17(16)23/h5-8,11-12,30H,3-4,9-10H2,1-2H3,(H2,25,28). The van der Waals surface area contributed by atoms with Gasteiger partial charge in [0.2, 0.25) is 5.91 Å². The van der Waals surface area contributed by atoms with Crippen LogP contribution in [0.1, 0.15) is 40.9 Å². The number of amides is 2. The van der Waals surface area contributed by atoms with Crippen LogP contribution >= 0.6 is 11.6 Å². The summed E-state index contributed by atoms with van der Waals surface area (Å²) in [6.45, 7) is 6.45. The number of anilines is 1. The van der Waals surface area contributed by atoms with Crippen LogP contribution in [-0.4, -0.2) is 48.0 Å². The molecule has 2 amide bonds. The molecule has 30 heavy (non-hydrogen) atoms. The summed E-state index contributed by atoms with van der Waals surface area (Å²) in [4.78, 5) is 28.9. The Morgan fingerprint density at radius 1 is 1.30 bits per heavy atom. The topological polar surface area (TPSA) is 111 Å². The van der Waals surface area contributed by atoms with Crippen molar-refractivity contribution in [3.05, 3.63) is 63.7 Å². The molecule has 1 atom stereocenters. The molecule has 156 valence electrons. The van der Waals surface area contributed by atoms with E-state index in [0.29, 0.717) is 12.2 Å². The minimum Gasteiger partial charge on any atom is -0.372 e. The number of carbonyl (C=O) groups is 2. The summed E-state index contributed by atoms with van der Waals surface area (Å²) in [5, 5.41) is 21.6. The average Bonchev–Trinajstić information content (AvgIpc) is 2.96. The number of halogens is 1. The van der Waals surface area contributed by atoms with Crippen molar-refractivity contribution < 1.29 is 14.7 Å². The zero-order valence-corrected chi connectivity index (χ0v) is 17.6. The largest absolute Gasteiger partial charge is 0.372 e. The number of likely N-dealkylation sites (N-methyl/N-ethyl adjacent to an activating group) is 1. The van der Waals surface area contributed by atoms with Crippen LogP contribution in [0.25, 0.3) is 0 Å². The van der Waals surface area contributed by atoms with E-state index < -0.39 is 17.4 Å². The third-order valence-electron chi connectivity index (χ3n) is 5.53. The van der Waals surface area contributed by atoms with Crippen LogP contribution in [0.5, 0.6) is 0 Å². The van der Waals surface area contributed by atoms with Crippen LogP contribution in [-0.2, 0) is 10.4 Å². The van der Waals surface area contributed by atoms with E-state index in [1.54, 1.807) is 24.3 Å². The van der Waals surface area contributed by atoms with E-state index in [1.807, 2.05) is 19.9 Å². The first kappa shape index (κ1) is 21.8. The number of hydrogen-bond acceptors (Lipinski definition) is 5. The van der Waals surface area contributed by atoms with Gasteiger partial charge < -0.3 is 20.6 Å². The molecule has 3 N–H and O–H groups in total. The van der Waals surface area contributed by atoms with Gasteiger partial charge in [0, 0.05) is 34.8 Å². The fraction of sp³-hybridized carbons (Fsp3) is 0.318. The number of nitriles is 1. The molecule has 7 nitrogen and oxygen atoms in total. The maximum absolute atomic E-state index is 13.5. The second-order valence-electron chi connectivity index (χ2n) is 7.07. The molecule has 1 heterocycles. The number of carbonyl (C=O) groups excluding carboxylic acids is 2. The summed E-state index contributed by atoms with van der Waals surface area (Å²) in [5.74, 6) is -1.34. The second kappa shape index (κ2) is 8.44. The van der Waals surface area contributed by atoms with Crippen molar-refractivity contribution in [2.45, 2.75) is 19.4 Å². The van der Waals surface area contributed by atoms with Crippen molar-refractivity contribution in [2.24, 2.45) is 5.73 Å². The zero-order chi connectivity index (χ0) is 22.1. The van der Waals surface area contributed by atoms with Gasteiger partial charge >= 0.3 is 0 Å². The van der Waals surface area contributed by atoms with E-state index in [9.17, 15) is 20.0 Å². The van der Waals surface area contributed by atoms with E-state index in [1.165, 1.54) is 17.0 Å². The van der Waals surface area contributed by atoms with E-state index in [2.05, 4.69) is 4.90 Å². The summed E-state index contributed by atoms with van der Waals surface area (Å²) < 4.78 is 0. The summed E-state index contributed by atoms with van der Waals surface area (Å²) in [6, 6.07) is 11.2. The van der Waals surface area contributed by atoms with Gasteiger partial charge in [-0.25, -0.2) is 0 Å². The van der Waals surface area contributed by atoms with E-state index in [-0.39, 0.29) is 33.8 Å². The molecule has 3 rings (SSSR count). The first-order valence-electron chi connectivity index (χ1n) is 9.69. The van der Waals surface area contributed by atoms with Crippen molar-refractivity contribution in [3.8, 4) is 6.07 Å². The third kappa shape index (κ3) is 3.43. The Morgan fingerprint density at radius 2 is 1.97 bits per heavy atom. The number of benzene rings is 2. The minimum atomic E-state index is -2.14. The molecule has 1 aliphatic rings. The average molecular weight is 427 g/mol. The summed E-state index contributed by atoms with van der Waals surface area (Å²) in [7, 11) is 0. The lowest BCUT2D eigenvalue weighted by atomic mass is 9.84. The number of nitrogens with zero attached hydrogens (tertiary/aromatic N) is 3. The molecule has 0 bridgehead atoms. The highest BCUT2D eigenvalue weighted by Crippen LogP contribution is 2.48. The number of rotatable bonds is 7. The van der Waals surface area contributed by atoms with Crippen molar-refractivity contribution in [1.82, 2.24) is 4.90 Å². The van der Waals surface area contributed by atoms with Crippen LogP contribution in [0.4, 0.5) is 5.69 Å². The van der Waals surface area contributed by atoms with Crippen LogP contribution < -0.4 is 10.6 Å². The Labute approximate surface area is 180 Å². The number of fused-ring (bicyclic) bond motifs is 1. The highest BCUT2D eigenvalue weighted by molar-refractivity contribution is 6.32. The predicted octanol–water partition coefficient (Wildman–Crippen LogP) is 2.23. The monoisotopic (exact) mass is 426 g/mol. The van der Waals surface area contributed by atoms with Gasteiger partial charge in [0.25, 0.3) is 5.91 Å². The third-order valence-corrected chi connectivity index (χ3v) is 5.86. The quantitative estimate of drug-likeness (QED) is 0.705. The number of hydrogen-bond donors (Lipinski definition) is 2. The first-order chi connectivity index (χ1) is 14.3. The smallest absolute Gasteiger partial charge is 0.268 e. The molecule has 2 aromatic rings. The van der Waals surface area contributed by atoms with Crippen LogP contribution in [0.3, 0.4) is 0 Å². The number of aliphatic hydroxyl groups is 1. The Hall–Kier alpha value is -2.92. The molecule has 8 heteroatoms. The van der Waals surface area contributed by atoms with Gasteiger partial charge in [-0.3, -0.25) is 9.59 Å². The molecule has 0 aliphatic carbocycles. The molecule has 0 saturated heterocycles. The maximum Gasteiger partial charge on any atom is 0.268 e. The highest BCUT2D eigenvalue weighted by Gasteiger charge is 2.53. The first-order valence-corrected chi connectivity index (χ1v) is 10.1. The normalized spacial score (nSPS) is 17.9. The van der Waals surface area contributed by atoms with Crippen molar-refractivity contribution >= 4 is 29.1 Å². The summed E-state index contributed by atoms with van der Waals surface area (Å²) in [6.07, 6.45) is 0. The molecule has 0 fully saturated rings. The lowest BCUT2D eigenvalue weighted by Crippen LogP contribution is -2.44. The molecule has 0 aromatic heterocycles. The van der Waals surface area contributed by atoms with Crippen LogP contribution in [0, 0.1) is 11.3 Å². The van der Waals surface area contributed by atoms with E-state index in [4.69, 9.17) is 17.3 Å². The maximum atomic E-state index is 13.5. The SMILES string of the molecule is CCN(CC)CCN1C(=O)C(O)(c2ccccc2Cl)c2c(C#N)cc(C(N)=O)cc21. The van der Waals surface area contributed by atoms with E-state index in [0.717, 1.165) is 13.1 Å². The van der Waals surface area contributed by atoms with Crippen LogP contribution in [0.2, 0.25) is 5.02 Å². The van der Waals surface area contributed by atoms with Crippen molar-refractivity contribution in [1.29, 1.82) is 5.26 Å². The molecular formula is C22H23ClN4O3. The van der Waals surface area contributed by atoms with Gasteiger partial charge in [-0.1, -0.05) is 43.6 Å². The Bertz CT molecular complexity index is 1050. The van der Waals surface area contributed by atoms with Gasteiger partial charge in [-0.2, -0.15) is 5.26 Å². The van der Waals surface area contributed by atoms with Crippen LogP contribution in [0.15, 0.2) is 36.4 Å². The molecular weight excluding hydrogens is 404 g/mol. The molecule has 1 aliphatic heterocycles. The van der Waals surface area contributed by atoms with E-state index >= 15 is 0 Å². The summed E-state index contributed by atoms with van der Waals surface area (Å²) in [5.41, 5.74) is 3.99. The Balaban J connectivity index is 2.24. The molecule has 0 radical (unpaired) electrons. The van der Waals surface area contributed by atoms with Crippen molar-refractivity contribution in [3.63, 3.8) is 0 Å². The highest BCUT2D eigenvalue weighted by atomic mass is 35.5. The van der Waals surface area contributed by atoms with Gasteiger partial charge in [0.15, 0.2) is 5.60 Å². The fourth-order valence-electron chi connectivity index (χ4n) is 3.87. The van der Waals surface area contributed by atoms with Gasteiger partial charge in [0.1, 0.15) is 0 Å². The summed E-state index contributed by atoms with van der Waals surface area (Å²) >= 11 is 6.33. The molecule has 0 spiro atoms. The fourth-order valence-corrected chi connectivity index (χ4v) is 4.14. The van der Waals surface area contributed by atoms with Gasteiger partial charge in [0.05, 0.1) is 17.3 Å². The molecule has 1 unspecified atom stereocenters. The molecule has 0 saturated carbocycles. The Kier molecular flexibility index (Phi) is 6.13. The minimum absolute atomic E-state index is 0.00223. The zero-order valence-electron chi connectivity index (χ0n) is 16.9. The lowest BCUT2D eigenvalue weighted by Gasteiger charge is -2.26. The number of primary amides is 1. The van der Waals surface area contributed by atoms with Crippen molar-refractivity contribution in [2.75, 3.05) is 31.1 Å².